The predicted octanol–water partition coefficient (Wildman–Crippen LogP) is 1.90. The lowest BCUT2D eigenvalue weighted by molar-refractivity contribution is -0.134. The van der Waals surface area contributed by atoms with Crippen LogP contribution in [0.3, 0.4) is 0 Å². The van der Waals surface area contributed by atoms with Gasteiger partial charge in [-0.2, -0.15) is 5.10 Å². The summed E-state index contributed by atoms with van der Waals surface area (Å²) in [5, 5.41) is 7.10. The highest BCUT2D eigenvalue weighted by Crippen LogP contribution is 2.30. The van der Waals surface area contributed by atoms with Crippen LogP contribution < -0.4 is 5.32 Å². The Morgan fingerprint density at radius 1 is 1.33 bits per heavy atom. The third-order valence-corrected chi connectivity index (χ3v) is 5.17. The first kappa shape index (κ1) is 21.9. The van der Waals surface area contributed by atoms with Crippen LogP contribution in [0.25, 0.3) is 0 Å². The number of hydrogen-bond acceptors (Lipinski definition) is 5. The normalized spacial score (nSPS) is 19.1. The number of carbonyl (C=O) groups is 2. The smallest absolute Gasteiger partial charge is 0.248 e. The van der Waals surface area contributed by atoms with E-state index in [1.54, 1.807) is 38.6 Å². The molecule has 1 aliphatic rings. The zero-order valence-electron chi connectivity index (χ0n) is 17.5. The van der Waals surface area contributed by atoms with Gasteiger partial charge in [-0.1, -0.05) is 18.2 Å². The molecule has 1 aromatic heterocycles. The molecule has 1 saturated heterocycles. The maximum Gasteiger partial charge on any atom is 0.248 e. The number of anilines is 1. The summed E-state index contributed by atoms with van der Waals surface area (Å²) in [5.74, 6) is -0.494. The summed E-state index contributed by atoms with van der Waals surface area (Å²) in [5.41, 5.74) is 1.26. The number of rotatable bonds is 8. The van der Waals surface area contributed by atoms with E-state index in [4.69, 9.17) is 4.74 Å². The van der Waals surface area contributed by atoms with Gasteiger partial charge in [-0.25, -0.2) is 4.39 Å². The molecular weight excluding hydrogens is 389 g/mol. The van der Waals surface area contributed by atoms with Crippen molar-refractivity contribution in [3.63, 3.8) is 0 Å². The average Bonchev–Trinajstić information content (AvgIpc) is 3.30. The summed E-state index contributed by atoms with van der Waals surface area (Å²) >= 11 is 0. The number of benzene rings is 1. The van der Waals surface area contributed by atoms with Gasteiger partial charge in [0, 0.05) is 51.9 Å². The van der Waals surface area contributed by atoms with Crippen LogP contribution in [0.2, 0.25) is 0 Å². The summed E-state index contributed by atoms with van der Waals surface area (Å²) in [6, 6.07) is 6.79. The second-order valence-corrected chi connectivity index (χ2v) is 7.76. The number of halogens is 1. The fourth-order valence-corrected chi connectivity index (χ4v) is 3.58. The third kappa shape index (κ3) is 5.64. The molecule has 1 aromatic carbocycles. The van der Waals surface area contributed by atoms with Crippen molar-refractivity contribution in [3.8, 4) is 0 Å². The van der Waals surface area contributed by atoms with Crippen molar-refractivity contribution in [1.29, 1.82) is 0 Å². The lowest BCUT2D eigenvalue weighted by Gasteiger charge is -2.24. The monoisotopic (exact) mass is 417 g/mol. The molecule has 162 valence electrons. The Morgan fingerprint density at radius 3 is 2.80 bits per heavy atom. The van der Waals surface area contributed by atoms with Crippen LogP contribution in [0.15, 0.2) is 36.7 Å². The van der Waals surface area contributed by atoms with Gasteiger partial charge in [0.25, 0.3) is 0 Å². The van der Waals surface area contributed by atoms with E-state index in [9.17, 15) is 14.0 Å². The van der Waals surface area contributed by atoms with Crippen LogP contribution in [0, 0.1) is 5.82 Å². The molecule has 0 radical (unpaired) electrons. The molecule has 0 saturated carbocycles. The molecule has 2 atom stereocenters. The second kappa shape index (κ2) is 9.82. The summed E-state index contributed by atoms with van der Waals surface area (Å²) in [7, 11) is 3.37. The summed E-state index contributed by atoms with van der Waals surface area (Å²) in [6.45, 7) is 2.93. The summed E-state index contributed by atoms with van der Waals surface area (Å²) < 4.78 is 21.7. The van der Waals surface area contributed by atoms with E-state index in [1.165, 1.54) is 17.9 Å². The largest absolute Gasteiger partial charge is 0.370 e. The Labute approximate surface area is 175 Å². The number of likely N-dealkylation sites (N-methyl/N-ethyl adjacent to an activating group) is 1. The van der Waals surface area contributed by atoms with Gasteiger partial charge >= 0.3 is 0 Å². The number of nitrogens with one attached hydrogen (secondary N) is 1. The Hall–Kier alpha value is -2.78. The molecule has 0 bridgehead atoms. The number of ether oxygens (including phenoxy) is 1. The van der Waals surface area contributed by atoms with Crippen LogP contribution in [0.5, 0.6) is 0 Å². The number of likely N-dealkylation sites (tertiary alicyclic amines) is 1. The molecule has 0 spiro atoms. The van der Waals surface area contributed by atoms with Crippen LogP contribution in [-0.4, -0.2) is 71.3 Å². The van der Waals surface area contributed by atoms with Crippen molar-refractivity contribution in [2.75, 3.05) is 39.2 Å². The Bertz CT molecular complexity index is 885. The van der Waals surface area contributed by atoms with Crippen molar-refractivity contribution >= 4 is 17.5 Å². The molecule has 8 nitrogen and oxygen atoms in total. The number of aromatic nitrogens is 2. The van der Waals surface area contributed by atoms with Crippen molar-refractivity contribution in [2.24, 2.45) is 0 Å². The molecule has 2 amide bonds. The molecule has 2 aromatic rings. The molecular formula is C21H28FN5O3. The molecule has 1 N–H and O–H groups in total. The molecule has 3 rings (SSSR count). The summed E-state index contributed by atoms with van der Waals surface area (Å²) in [4.78, 5) is 26.7. The average molecular weight is 417 g/mol. The van der Waals surface area contributed by atoms with Gasteiger partial charge in [-0.3, -0.25) is 19.2 Å². The first-order valence-electron chi connectivity index (χ1n) is 9.90. The maximum atomic E-state index is 14.2. The molecule has 2 heterocycles. The Kier molecular flexibility index (Phi) is 7.17. The van der Waals surface area contributed by atoms with Crippen LogP contribution in [-0.2, 0) is 20.9 Å². The lowest BCUT2D eigenvalue weighted by atomic mass is 10.1. The van der Waals surface area contributed by atoms with E-state index in [0.717, 1.165) is 6.42 Å². The number of hydrogen-bond donors (Lipinski definition) is 1. The Morgan fingerprint density at radius 2 is 2.10 bits per heavy atom. The Balaban J connectivity index is 1.70. The van der Waals surface area contributed by atoms with Gasteiger partial charge in [0.15, 0.2) is 0 Å². The third-order valence-electron chi connectivity index (χ3n) is 5.17. The fourth-order valence-electron chi connectivity index (χ4n) is 3.58. The topological polar surface area (TPSA) is 79.7 Å². The van der Waals surface area contributed by atoms with E-state index >= 15 is 0 Å². The van der Waals surface area contributed by atoms with Gasteiger partial charge in [-0.15, -0.1) is 0 Å². The van der Waals surface area contributed by atoms with Crippen LogP contribution >= 0.6 is 0 Å². The molecule has 1 aliphatic heterocycles. The highest BCUT2D eigenvalue weighted by atomic mass is 19.1. The van der Waals surface area contributed by atoms with Gasteiger partial charge < -0.3 is 15.0 Å². The van der Waals surface area contributed by atoms with Crippen LogP contribution in [0.1, 0.15) is 24.9 Å². The van der Waals surface area contributed by atoms with Gasteiger partial charge in [0.1, 0.15) is 12.4 Å². The minimum atomic E-state index is -0.240. The van der Waals surface area contributed by atoms with Crippen LogP contribution in [0.4, 0.5) is 10.1 Å². The van der Waals surface area contributed by atoms with Crippen molar-refractivity contribution in [1.82, 2.24) is 19.6 Å². The van der Waals surface area contributed by atoms with Crippen molar-refractivity contribution in [2.45, 2.75) is 32.0 Å². The number of amides is 2. The highest BCUT2D eigenvalue weighted by molar-refractivity contribution is 5.88. The SMILES string of the molecule is CC(=O)Nc1cnn([C@H]2C[C@@H](COCC(=O)N(C)C)N(Cc3ccccc3F)C2)c1. The van der Waals surface area contributed by atoms with E-state index in [0.29, 0.717) is 30.9 Å². The molecule has 1 fully saturated rings. The zero-order chi connectivity index (χ0) is 21.7. The fraction of sp³-hybridized carbons (Fsp3) is 0.476. The standard InChI is InChI=1S/C21H28FN5O3/c1-15(28)24-17-9-23-27(11-17)18-8-19(13-30-14-21(29)25(2)3)26(12-18)10-16-6-4-5-7-20(16)22/h4-7,9,11,18-19H,8,10,12-14H2,1-3H3,(H,24,28)/t18-,19-/m0/s1. The first-order valence-corrected chi connectivity index (χ1v) is 9.90. The molecule has 9 heteroatoms. The van der Waals surface area contributed by atoms with E-state index in [2.05, 4.69) is 15.3 Å². The van der Waals surface area contributed by atoms with Gasteiger partial charge in [-0.05, 0) is 12.5 Å². The number of nitrogens with zero attached hydrogens (tertiary/aromatic N) is 4. The van der Waals surface area contributed by atoms with Gasteiger partial charge in [0.2, 0.25) is 11.8 Å². The minimum Gasteiger partial charge on any atom is -0.370 e. The quantitative estimate of drug-likeness (QED) is 0.710. The predicted molar refractivity (Wildman–Crippen MR) is 110 cm³/mol. The van der Waals surface area contributed by atoms with E-state index in [-0.39, 0.29) is 36.3 Å². The lowest BCUT2D eigenvalue weighted by Crippen LogP contribution is -2.35. The van der Waals surface area contributed by atoms with Gasteiger partial charge in [0.05, 0.1) is 24.5 Å². The molecule has 30 heavy (non-hydrogen) atoms. The maximum absolute atomic E-state index is 14.2. The highest BCUT2D eigenvalue weighted by Gasteiger charge is 2.34. The minimum absolute atomic E-state index is 0.0101. The first-order chi connectivity index (χ1) is 14.3. The van der Waals surface area contributed by atoms with Crippen molar-refractivity contribution < 1.29 is 18.7 Å². The molecule has 0 unspecified atom stereocenters. The van der Waals surface area contributed by atoms with Crippen molar-refractivity contribution in [3.05, 3.63) is 48.0 Å². The summed E-state index contributed by atoms with van der Waals surface area (Å²) in [6.07, 6.45) is 4.15. The number of carbonyl (C=O) groups excluding carboxylic acids is 2. The zero-order valence-corrected chi connectivity index (χ0v) is 17.5. The second-order valence-electron chi connectivity index (χ2n) is 7.76. The van der Waals surface area contributed by atoms with E-state index < -0.39 is 0 Å². The molecule has 0 aliphatic carbocycles. The van der Waals surface area contributed by atoms with E-state index in [1.807, 2.05) is 10.7 Å².